The number of hydrogen-bond donors (Lipinski definition) is 2. The van der Waals surface area contributed by atoms with Crippen LogP contribution in [0.15, 0.2) is 82.5 Å². The van der Waals surface area contributed by atoms with Crippen LogP contribution < -0.4 is 15.6 Å². The highest BCUT2D eigenvalue weighted by Gasteiger charge is 2.20. The number of carbonyl (C=O) groups is 1. The Kier molecular flexibility index (Phi) is 6.27. The van der Waals surface area contributed by atoms with Crippen molar-refractivity contribution < 1.29 is 22.0 Å². The molecule has 0 aliphatic carbocycles. The van der Waals surface area contributed by atoms with Crippen molar-refractivity contribution in [3.63, 3.8) is 0 Å². The molecule has 2 N–H and O–H groups in total. The fourth-order valence-corrected chi connectivity index (χ4v) is 4.52. The van der Waals surface area contributed by atoms with E-state index in [1.54, 1.807) is 42.9 Å². The fraction of sp³-hybridized carbons (Fsp3) is 0.0833. The van der Waals surface area contributed by atoms with Crippen molar-refractivity contribution in [1.29, 1.82) is 0 Å². The van der Waals surface area contributed by atoms with Gasteiger partial charge in [0, 0.05) is 18.3 Å². The first-order chi connectivity index (χ1) is 16.6. The van der Waals surface area contributed by atoms with Gasteiger partial charge >= 0.3 is 0 Å². The molecule has 35 heavy (non-hydrogen) atoms. The summed E-state index contributed by atoms with van der Waals surface area (Å²) in [6, 6.07) is 16.6. The van der Waals surface area contributed by atoms with E-state index in [0.717, 1.165) is 6.07 Å². The molecule has 0 aliphatic rings. The van der Waals surface area contributed by atoms with Gasteiger partial charge in [0.1, 0.15) is 5.69 Å². The molecule has 0 saturated carbocycles. The first kappa shape index (κ1) is 23.9. The van der Waals surface area contributed by atoms with Gasteiger partial charge in [0.05, 0.1) is 16.3 Å². The molecule has 0 spiro atoms. The monoisotopic (exact) mass is 498 g/mol. The quantitative estimate of drug-likeness (QED) is 0.422. The minimum Gasteiger partial charge on any atom is -0.316 e. The molecule has 8 nitrogen and oxygen atoms in total. The summed E-state index contributed by atoms with van der Waals surface area (Å²) >= 11 is 0. The van der Waals surface area contributed by atoms with Gasteiger partial charge in [-0.2, -0.15) is 0 Å². The van der Waals surface area contributed by atoms with Gasteiger partial charge in [-0.15, -0.1) is 0 Å². The largest absolute Gasteiger partial charge is 0.316 e. The number of nitrogens with one attached hydrogen (secondary N) is 2. The Hall–Kier alpha value is -4.25. The van der Waals surface area contributed by atoms with Gasteiger partial charge in [0.2, 0.25) is 0 Å². The van der Waals surface area contributed by atoms with Gasteiger partial charge in [-0.05, 0) is 61.5 Å². The molecule has 0 saturated heterocycles. The van der Waals surface area contributed by atoms with E-state index in [2.05, 4.69) is 10.0 Å². The predicted octanol–water partition coefficient (Wildman–Crippen LogP) is 3.82. The molecular weight excluding hydrogens is 478 g/mol. The molecule has 0 fully saturated rings. The summed E-state index contributed by atoms with van der Waals surface area (Å²) in [6.45, 7) is 1.70. The highest BCUT2D eigenvalue weighted by Crippen LogP contribution is 2.20. The first-order valence-corrected chi connectivity index (χ1v) is 11.8. The average molecular weight is 499 g/mol. The highest BCUT2D eigenvalue weighted by molar-refractivity contribution is 7.92. The van der Waals surface area contributed by atoms with Crippen LogP contribution in [0.5, 0.6) is 0 Å². The zero-order valence-corrected chi connectivity index (χ0v) is 19.4. The maximum absolute atomic E-state index is 13.4. The van der Waals surface area contributed by atoms with Crippen LogP contribution in [-0.2, 0) is 17.1 Å². The molecule has 180 valence electrons. The number of halogens is 2. The molecule has 0 bridgehead atoms. The summed E-state index contributed by atoms with van der Waals surface area (Å²) in [6.07, 6.45) is 0. The molecule has 4 aromatic rings. The third-order valence-electron chi connectivity index (χ3n) is 5.39. The zero-order chi connectivity index (χ0) is 25.3. The first-order valence-electron chi connectivity index (χ1n) is 10.3. The Morgan fingerprint density at radius 3 is 2.20 bits per heavy atom. The normalized spacial score (nSPS) is 11.3. The smallest absolute Gasteiger partial charge is 0.295 e. The number of aromatic nitrogens is 2. The van der Waals surface area contributed by atoms with Crippen molar-refractivity contribution >= 4 is 27.3 Å². The summed E-state index contributed by atoms with van der Waals surface area (Å²) in [7, 11) is -2.48. The Morgan fingerprint density at radius 1 is 0.914 bits per heavy atom. The van der Waals surface area contributed by atoms with E-state index >= 15 is 0 Å². The Bertz CT molecular complexity index is 1580. The van der Waals surface area contributed by atoms with Gasteiger partial charge in [0.15, 0.2) is 11.6 Å². The number of anilines is 2. The molecule has 11 heteroatoms. The topological polar surface area (TPSA) is 102 Å². The number of rotatable bonds is 6. The van der Waals surface area contributed by atoms with Crippen molar-refractivity contribution in [2.75, 3.05) is 10.0 Å². The second-order valence-corrected chi connectivity index (χ2v) is 9.33. The van der Waals surface area contributed by atoms with E-state index in [0.29, 0.717) is 23.5 Å². The Morgan fingerprint density at radius 2 is 1.57 bits per heavy atom. The predicted molar refractivity (Wildman–Crippen MR) is 127 cm³/mol. The van der Waals surface area contributed by atoms with Crippen LogP contribution in [0.1, 0.15) is 16.1 Å². The van der Waals surface area contributed by atoms with Crippen molar-refractivity contribution in [2.45, 2.75) is 11.8 Å². The van der Waals surface area contributed by atoms with Crippen molar-refractivity contribution in [1.82, 2.24) is 9.36 Å². The van der Waals surface area contributed by atoms with Crippen LogP contribution >= 0.6 is 0 Å². The van der Waals surface area contributed by atoms with E-state index in [4.69, 9.17) is 0 Å². The highest BCUT2D eigenvalue weighted by atomic mass is 32.2. The molecule has 0 aliphatic heterocycles. The lowest BCUT2D eigenvalue weighted by Crippen LogP contribution is -2.23. The summed E-state index contributed by atoms with van der Waals surface area (Å²) in [5, 5.41) is 2.62. The van der Waals surface area contributed by atoms with Gasteiger partial charge in [-0.1, -0.05) is 18.2 Å². The van der Waals surface area contributed by atoms with Crippen LogP contribution in [0.2, 0.25) is 0 Å². The zero-order valence-electron chi connectivity index (χ0n) is 18.6. The van der Waals surface area contributed by atoms with Crippen molar-refractivity contribution in [3.05, 3.63) is 106 Å². The number of benzene rings is 3. The minimum absolute atomic E-state index is 0.105. The summed E-state index contributed by atoms with van der Waals surface area (Å²) in [5.74, 6) is -3.02. The standard InChI is InChI=1S/C24H20F2N4O4S/c1-15-22(24(32)30(29(15)2)18-6-4-3-5-7-18)27-23(31)16-8-10-17(11-9-16)28-35(33,34)19-12-13-20(25)21(26)14-19/h3-14,28H,1-2H3,(H,27,31). The maximum Gasteiger partial charge on any atom is 0.295 e. The van der Waals surface area contributed by atoms with E-state index in [-0.39, 0.29) is 16.9 Å². The van der Waals surface area contributed by atoms with E-state index in [1.165, 1.54) is 28.9 Å². The summed E-state index contributed by atoms with van der Waals surface area (Å²) in [4.78, 5) is 25.3. The van der Waals surface area contributed by atoms with Crippen molar-refractivity contribution in [3.8, 4) is 5.69 Å². The molecule has 0 atom stereocenters. The Balaban J connectivity index is 1.53. The average Bonchev–Trinajstić information content (AvgIpc) is 3.04. The summed E-state index contributed by atoms with van der Waals surface area (Å²) < 4.78 is 56.7. The molecule has 0 radical (unpaired) electrons. The number of amides is 1. The van der Waals surface area contributed by atoms with Gasteiger partial charge in [-0.3, -0.25) is 19.0 Å². The van der Waals surface area contributed by atoms with Crippen LogP contribution in [0.3, 0.4) is 0 Å². The van der Waals surface area contributed by atoms with Gasteiger partial charge in [0.25, 0.3) is 21.5 Å². The SMILES string of the molecule is Cc1c(NC(=O)c2ccc(NS(=O)(=O)c3ccc(F)c(F)c3)cc2)c(=O)n(-c2ccccc2)n1C. The fourth-order valence-electron chi connectivity index (χ4n) is 3.45. The second kappa shape index (κ2) is 9.18. The number of carbonyl (C=O) groups excluding carboxylic acids is 1. The molecule has 1 aromatic heterocycles. The minimum atomic E-state index is -4.18. The third kappa shape index (κ3) is 4.71. The number of sulfonamides is 1. The molecule has 0 unspecified atom stereocenters. The molecule has 1 amide bonds. The molecule has 1 heterocycles. The van der Waals surface area contributed by atoms with Crippen molar-refractivity contribution in [2.24, 2.45) is 7.05 Å². The molecule has 4 rings (SSSR count). The second-order valence-electron chi connectivity index (χ2n) is 7.65. The van der Waals surface area contributed by atoms with E-state index < -0.39 is 38.0 Å². The maximum atomic E-state index is 13.4. The molecule has 3 aromatic carbocycles. The van der Waals surface area contributed by atoms with Gasteiger partial charge < -0.3 is 5.32 Å². The summed E-state index contributed by atoms with van der Waals surface area (Å²) in [5.41, 5.74) is 1.18. The van der Waals surface area contributed by atoms with E-state index in [9.17, 15) is 26.8 Å². The van der Waals surface area contributed by atoms with Crippen LogP contribution in [0.25, 0.3) is 5.69 Å². The third-order valence-corrected chi connectivity index (χ3v) is 6.77. The lowest BCUT2D eigenvalue weighted by Gasteiger charge is -2.09. The number of para-hydroxylation sites is 1. The Labute approximate surface area is 199 Å². The van der Waals surface area contributed by atoms with Crippen LogP contribution in [-0.4, -0.2) is 23.7 Å². The van der Waals surface area contributed by atoms with E-state index in [1.807, 2.05) is 6.07 Å². The van der Waals surface area contributed by atoms with Crippen LogP contribution in [0.4, 0.5) is 20.2 Å². The van der Waals surface area contributed by atoms with Crippen LogP contribution in [0, 0.1) is 18.6 Å². The number of hydrogen-bond acceptors (Lipinski definition) is 4. The lowest BCUT2D eigenvalue weighted by molar-refractivity contribution is 0.102. The number of nitrogens with zero attached hydrogens (tertiary/aromatic N) is 2. The molecular formula is C24H20F2N4O4S. The van der Waals surface area contributed by atoms with Gasteiger partial charge in [-0.25, -0.2) is 21.9 Å². The lowest BCUT2D eigenvalue weighted by atomic mass is 10.2.